The molecule has 1 aliphatic rings. The fraction of sp³-hybridized carbons (Fsp3) is 0.571. The minimum absolute atomic E-state index is 0.331. The Kier molecular flexibility index (Phi) is 4.11. The van der Waals surface area contributed by atoms with Gasteiger partial charge in [0.1, 0.15) is 11.6 Å². The van der Waals surface area contributed by atoms with Crippen LogP contribution in [0.3, 0.4) is 0 Å². The van der Waals surface area contributed by atoms with E-state index < -0.39 is 0 Å². The molecule has 0 aliphatic heterocycles. The summed E-state index contributed by atoms with van der Waals surface area (Å²) in [6.45, 7) is 2.66. The van der Waals surface area contributed by atoms with E-state index in [4.69, 9.17) is 0 Å². The number of hydrogen-bond acceptors (Lipinski definition) is 1. The van der Waals surface area contributed by atoms with Crippen molar-refractivity contribution >= 4 is 0 Å². The first kappa shape index (κ1) is 12.5. The number of benzene rings is 1. The van der Waals surface area contributed by atoms with E-state index in [-0.39, 0.29) is 11.6 Å². The van der Waals surface area contributed by atoms with Crippen LogP contribution in [0.25, 0.3) is 0 Å². The van der Waals surface area contributed by atoms with Crippen molar-refractivity contribution in [3.63, 3.8) is 0 Å². The van der Waals surface area contributed by atoms with Crippen LogP contribution >= 0.6 is 0 Å². The molecule has 1 aromatic rings. The van der Waals surface area contributed by atoms with E-state index in [0.717, 1.165) is 24.8 Å². The molecular formula is C14H19F2N. The highest BCUT2D eigenvalue weighted by Crippen LogP contribution is 2.23. The summed E-state index contributed by atoms with van der Waals surface area (Å²) in [5.41, 5.74) is 0.420. The average Bonchev–Trinajstić information content (AvgIpc) is 2.30. The molecule has 0 aromatic heterocycles. The van der Waals surface area contributed by atoms with Crippen molar-refractivity contribution in [2.75, 3.05) is 0 Å². The summed E-state index contributed by atoms with van der Waals surface area (Å²) in [6.07, 6.45) is 4.79. The van der Waals surface area contributed by atoms with Crippen LogP contribution < -0.4 is 5.32 Å². The van der Waals surface area contributed by atoms with Gasteiger partial charge in [-0.15, -0.1) is 0 Å². The van der Waals surface area contributed by atoms with E-state index in [1.807, 2.05) is 0 Å². The zero-order valence-corrected chi connectivity index (χ0v) is 10.2. The van der Waals surface area contributed by atoms with Gasteiger partial charge in [0.15, 0.2) is 0 Å². The molecule has 17 heavy (non-hydrogen) atoms. The van der Waals surface area contributed by atoms with E-state index in [0.29, 0.717) is 18.2 Å². The van der Waals surface area contributed by atoms with Crippen LogP contribution in [0.1, 0.15) is 38.2 Å². The third-order valence-electron chi connectivity index (χ3n) is 3.53. The summed E-state index contributed by atoms with van der Waals surface area (Å²) < 4.78 is 26.4. The summed E-state index contributed by atoms with van der Waals surface area (Å²) in [4.78, 5) is 0. The van der Waals surface area contributed by atoms with Crippen molar-refractivity contribution in [3.05, 3.63) is 35.4 Å². The van der Waals surface area contributed by atoms with Gasteiger partial charge in [-0.05, 0) is 37.0 Å². The lowest BCUT2D eigenvalue weighted by atomic mass is 9.87. The number of rotatable bonds is 3. The molecule has 3 heteroatoms. The Hall–Kier alpha value is -0.960. The Morgan fingerprint density at radius 1 is 1.29 bits per heavy atom. The van der Waals surface area contributed by atoms with Crippen LogP contribution in [0.2, 0.25) is 0 Å². The summed E-state index contributed by atoms with van der Waals surface area (Å²) in [5.74, 6) is 0.0292. The largest absolute Gasteiger partial charge is 0.310 e. The van der Waals surface area contributed by atoms with Gasteiger partial charge >= 0.3 is 0 Å². The maximum Gasteiger partial charge on any atom is 0.127 e. The van der Waals surface area contributed by atoms with Gasteiger partial charge < -0.3 is 5.32 Å². The average molecular weight is 239 g/mol. The Labute approximate surface area is 101 Å². The van der Waals surface area contributed by atoms with Gasteiger partial charge in [0.2, 0.25) is 0 Å². The highest BCUT2D eigenvalue weighted by atomic mass is 19.1. The summed E-state index contributed by atoms with van der Waals surface area (Å²) in [6, 6.07) is 4.06. The number of halogens is 2. The van der Waals surface area contributed by atoms with Crippen LogP contribution in [-0.2, 0) is 6.54 Å². The van der Waals surface area contributed by atoms with Crippen molar-refractivity contribution in [2.45, 2.75) is 45.2 Å². The van der Waals surface area contributed by atoms with Crippen molar-refractivity contribution in [1.29, 1.82) is 0 Å². The lowest BCUT2D eigenvalue weighted by Crippen LogP contribution is -2.33. The monoisotopic (exact) mass is 239 g/mol. The van der Waals surface area contributed by atoms with Gasteiger partial charge in [0.25, 0.3) is 0 Å². The maximum absolute atomic E-state index is 13.4. The van der Waals surface area contributed by atoms with Crippen molar-refractivity contribution in [3.8, 4) is 0 Å². The number of hydrogen-bond donors (Lipinski definition) is 1. The first-order valence-corrected chi connectivity index (χ1v) is 6.32. The first-order chi connectivity index (χ1) is 8.15. The summed E-state index contributed by atoms with van der Waals surface area (Å²) in [7, 11) is 0. The normalized spacial score (nSPS) is 24.9. The van der Waals surface area contributed by atoms with Gasteiger partial charge in [-0.3, -0.25) is 0 Å². The smallest absolute Gasteiger partial charge is 0.127 e. The van der Waals surface area contributed by atoms with E-state index in [2.05, 4.69) is 12.2 Å². The third kappa shape index (κ3) is 3.50. The zero-order valence-electron chi connectivity index (χ0n) is 10.2. The first-order valence-electron chi connectivity index (χ1n) is 6.32. The minimum Gasteiger partial charge on any atom is -0.310 e. The Morgan fingerprint density at radius 3 is 2.88 bits per heavy atom. The Morgan fingerprint density at radius 2 is 2.12 bits per heavy atom. The van der Waals surface area contributed by atoms with E-state index in [1.54, 1.807) is 0 Å². The molecule has 2 unspecified atom stereocenters. The van der Waals surface area contributed by atoms with E-state index >= 15 is 0 Å². The summed E-state index contributed by atoms with van der Waals surface area (Å²) in [5, 5.41) is 3.33. The molecule has 1 fully saturated rings. The van der Waals surface area contributed by atoms with Gasteiger partial charge in [-0.25, -0.2) is 8.78 Å². The molecule has 1 aliphatic carbocycles. The fourth-order valence-electron chi connectivity index (χ4n) is 2.55. The number of nitrogens with one attached hydrogen (secondary N) is 1. The molecule has 0 bridgehead atoms. The van der Waals surface area contributed by atoms with Crippen LogP contribution in [0, 0.1) is 17.6 Å². The third-order valence-corrected chi connectivity index (χ3v) is 3.53. The predicted octanol–water partition coefficient (Wildman–Crippen LogP) is 3.63. The maximum atomic E-state index is 13.4. The van der Waals surface area contributed by atoms with E-state index in [1.165, 1.54) is 25.0 Å². The molecular weight excluding hydrogens is 220 g/mol. The van der Waals surface area contributed by atoms with Crippen LogP contribution in [-0.4, -0.2) is 6.04 Å². The molecule has 94 valence electrons. The quantitative estimate of drug-likeness (QED) is 0.849. The molecule has 2 rings (SSSR count). The SMILES string of the molecule is CC1CCCC(NCc2cc(F)ccc2F)C1. The van der Waals surface area contributed by atoms with Crippen LogP contribution in [0.15, 0.2) is 18.2 Å². The van der Waals surface area contributed by atoms with Crippen LogP contribution in [0.4, 0.5) is 8.78 Å². The lowest BCUT2D eigenvalue weighted by molar-refractivity contribution is 0.299. The highest BCUT2D eigenvalue weighted by Gasteiger charge is 2.18. The van der Waals surface area contributed by atoms with Gasteiger partial charge in [0.05, 0.1) is 0 Å². The second-order valence-corrected chi connectivity index (χ2v) is 5.09. The molecule has 2 atom stereocenters. The molecule has 1 saturated carbocycles. The standard InChI is InChI=1S/C14H19F2N/c1-10-3-2-4-13(7-10)17-9-11-8-12(15)5-6-14(11)16/h5-6,8,10,13,17H,2-4,7,9H2,1H3. The van der Waals surface area contributed by atoms with Crippen LogP contribution in [0.5, 0.6) is 0 Å². The van der Waals surface area contributed by atoms with Crippen molar-refractivity contribution < 1.29 is 8.78 Å². The Bertz CT molecular complexity index is 378. The molecule has 1 N–H and O–H groups in total. The molecule has 0 heterocycles. The predicted molar refractivity (Wildman–Crippen MR) is 64.6 cm³/mol. The minimum atomic E-state index is -0.375. The molecule has 0 amide bonds. The second-order valence-electron chi connectivity index (χ2n) is 5.09. The molecule has 1 aromatic carbocycles. The molecule has 1 nitrogen and oxygen atoms in total. The van der Waals surface area contributed by atoms with Gasteiger partial charge in [-0.2, -0.15) is 0 Å². The van der Waals surface area contributed by atoms with E-state index in [9.17, 15) is 8.78 Å². The van der Waals surface area contributed by atoms with Gasteiger partial charge in [-0.1, -0.05) is 19.8 Å². The van der Waals surface area contributed by atoms with Gasteiger partial charge in [0, 0.05) is 18.2 Å². The van der Waals surface area contributed by atoms with Crippen molar-refractivity contribution in [1.82, 2.24) is 5.32 Å². The summed E-state index contributed by atoms with van der Waals surface area (Å²) >= 11 is 0. The second kappa shape index (κ2) is 5.58. The molecule has 0 spiro atoms. The van der Waals surface area contributed by atoms with Crippen molar-refractivity contribution in [2.24, 2.45) is 5.92 Å². The Balaban J connectivity index is 1.90. The lowest BCUT2D eigenvalue weighted by Gasteiger charge is -2.27. The zero-order chi connectivity index (χ0) is 12.3. The molecule has 0 saturated heterocycles. The molecule has 0 radical (unpaired) electrons. The topological polar surface area (TPSA) is 12.0 Å². The highest BCUT2D eigenvalue weighted by molar-refractivity contribution is 5.18. The fourth-order valence-corrected chi connectivity index (χ4v) is 2.55.